The Morgan fingerprint density at radius 2 is 1.36 bits per heavy atom. The molecule has 0 aliphatic rings. The lowest BCUT2D eigenvalue weighted by atomic mass is 10.0. The maximum absolute atomic E-state index is 7.41. The molecule has 3 aromatic rings. The first-order valence-electron chi connectivity index (χ1n) is 7.01. The van der Waals surface area contributed by atoms with Gasteiger partial charge in [-0.1, -0.05) is 48.5 Å². The summed E-state index contributed by atoms with van der Waals surface area (Å²) < 4.78 is 5.64. The predicted molar refractivity (Wildman–Crippen MR) is 88.5 cm³/mol. The summed E-state index contributed by atoms with van der Waals surface area (Å²) in [4.78, 5) is 0. The molecule has 4 heteroatoms. The first-order chi connectivity index (χ1) is 10.7. The van der Waals surface area contributed by atoms with Crippen LogP contribution in [0.1, 0.15) is 11.3 Å². The van der Waals surface area contributed by atoms with E-state index in [2.05, 4.69) is 0 Å². The zero-order valence-corrected chi connectivity index (χ0v) is 12.0. The maximum atomic E-state index is 7.41. The minimum Gasteiger partial charge on any atom is -0.460 e. The third kappa shape index (κ3) is 2.77. The Kier molecular flexibility index (Phi) is 3.76. The SMILES string of the molecule is N=C(N)c1ccc(-c2ccc(-c3ccc(CN)o3)cc2)cc1. The van der Waals surface area contributed by atoms with E-state index in [0.29, 0.717) is 6.54 Å². The second-order valence-corrected chi connectivity index (χ2v) is 5.04. The van der Waals surface area contributed by atoms with E-state index in [4.69, 9.17) is 21.3 Å². The quantitative estimate of drug-likeness (QED) is 0.508. The van der Waals surface area contributed by atoms with Crippen molar-refractivity contribution in [2.75, 3.05) is 0 Å². The molecule has 0 bridgehead atoms. The Morgan fingerprint density at radius 1 is 0.818 bits per heavy atom. The van der Waals surface area contributed by atoms with E-state index in [1.807, 2.05) is 60.7 Å². The lowest BCUT2D eigenvalue weighted by Gasteiger charge is -2.05. The number of nitrogen functional groups attached to an aromatic ring is 1. The van der Waals surface area contributed by atoms with Gasteiger partial charge in [0.25, 0.3) is 0 Å². The molecular formula is C18H17N3O. The van der Waals surface area contributed by atoms with Crippen LogP contribution in [0.15, 0.2) is 65.1 Å². The van der Waals surface area contributed by atoms with Crippen LogP contribution in [-0.4, -0.2) is 5.84 Å². The molecule has 2 aromatic carbocycles. The van der Waals surface area contributed by atoms with Gasteiger partial charge in [-0.2, -0.15) is 0 Å². The van der Waals surface area contributed by atoms with Crippen molar-refractivity contribution in [3.8, 4) is 22.5 Å². The highest BCUT2D eigenvalue weighted by Gasteiger charge is 2.05. The predicted octanol–water partition coefficient (Wildman–Crippen LogP) is 3.36. The number of nitrogens with two attached hydrogens (primary N) is 2. The van der Waals surface area contributed by atoms with Crippen LogP contribution in [0.4, 0.5) is 0 Å². The molecule has 0 spiro atoms. The zero-order chi connectivity index (χ0) is 15.5. The van der Waals surface area contributed by atoms with Crippen LogP contribution in [0.2, 0.25) is 0 Å². The van der Waals surface area contributed by atoms with Crippen LogP contribution in [0.3, 0.4) is 0 Å². The van der Waals surface area contributed by atoms with Gasteiger partial charge in [0, 0.05) is 11.1 Å². The number of benzene rings is 2. The molecule has 5 N–H and O–H groups in total. The standard InChI is InChI=1S/C18H17N3O/c19-11-16-9-10-17(22-16)14-5-1-12(2-6-14)13-3-7-15(8-4-13)18(20)21/h1-10H,11,19H2,(H3,20,21). The van der Waals surface area contributed by atoms with E-state index in [-0.39, 0.29) is 5.84 Å². The number of hydrogen-bond donors (Lipinski definition) is 3. The Hall–Kier alpha value is -2.85. The molecule has 0 unspecified atom stereocenters. The maximum Gasteiger partial charge on any atom is 0.134 e. The van der Waals surface area contributed by atoms with Crippen LogP contribution in [0.5, 0.6) is 0 Å². The van der Waals surface area contributed by atoms with Gasteiger partial charge in [0.15, 0.2) is 0 Å². The van der Waals surface area contributed by atoms with E-state index in [9.17, 15) is 0 Å². The second-order valence-electron chi connectivity index (χ2n) is 5.04. The summed E-state index contributed by atoms with van der Waals surface area (Å²) in [5.41, 5.74) is 14.9. The molecule has 0 saturated carbocycles. The molecule has 110 valence electrons. The summed E-state index contributed by atoms with van der Waals surface area (Å²) in [6.07, 6.45) is 0. The summed E-state index contributed by atoms with van der Waals surface area (Å²) >= 11 is 0. The molecule has 4 nitrogen and oxygen atoms in total. The van der Waals surface area contributed by atoms with Crippen LogP contribution in [0, 0.1) is 5.41 Å². The number of furan rings is 1. The van der Waals surface area contributed by atoms with E-state index >= 15 is 0 Å². The minimum absolute atomic E-state index is 0.0791. The summed E-state index contributed by atoms with van der Waals surface area (Å²) in [7, 11) is 0. The van der Waals surface area contributed by atoms with E-state index in [1.54, 1.807) is 0 Å². The molecular weight excluding hydrogens is 274 g/mol. The highest BCUT2D eigenvalue weighted by atomic mass is 16.3. The third-order valence-electron chi connectivity index (χ3n) is 3.56. The Balaban J connectivity index is 1.85. The van der Waals surface area contributed by atoms with Crippen molar-refractivity contribution in [1.29, 1.82) is 5.41 Å². The molecule has 3 rings (SSSR count). The summed E-state index contributed by atoms with van der Waals surface area (Å²) in [6.45, 7) is 0.403. The fourth-order valence-electron chi connectivity index (χ4n) is 2.31. The number of amidine groups is 1. The van der Waals surface area contributed by atoms with Gasteiger partial charge >= 0.3 is 0 Å². The zero-order valence-electron chi connectivity index (χ0n) is 12.0. The van der Waals surface area contributed by atoms with Crippen LogP contribution >= 0.6 is 0 Å². The molecule has 1 aromatic heterocycles. The van der Waals surface area contributed by atoms with Crippen molar-refractivity contribution in [2.45, 2.75) is 6.54 Å². The van der Waals surface area contributed by atoms with Crippen molar-refractivity contribution in [3.63, 3.8) is 0 Å². The monoisotopic (exact) mass is 291 g/mol. The molecule has 22 heavy (non-hydrogen) atoms. The highest BCUT2D eigenvalue weighted by molar-refractivity contribution is 5.95. The van der Waals surface area contributed by atoms with Crippen molar-refractivity contribution in [3.05, 3.63) is 72.0 Å². The summed E-state index contributed by atoms with van der Waals surface area (Å²) in [6, 6.07) is 19.6. The van der Waals surface area contributed by atoms with Crippen molar-refractivity contribution in [2.24, 2.45) is 11.5 Å². The topological polar surface area (TPSA) is 89.0 Å². The highest BCUT2D eigenvalue weighted by Crippen LogP contribution is 2.26. The lowest BCUT2D eigenvalue weighted by molar-refractivity contribution is 0.525. The largest absolute Gasteiger partial charge is 0.460 e. The molecule has 0 aliphatic carbocycles. The fraction of sp³-hybridized carbons (Fsp3) is 0.0556. The number of rotatable bonds is 4. The van der Waals surface area contributed by atoms with Crippen LogP contribution in [0.25, 0.3) is 22.5 Å². The summed E-state index contributed by atoms with van der Waals surface area (Å²) in [5.74, 6) is 1.67. The molecule has 0 fully saturated rings. The second kappa shape index (κ2) is 5.87. The van der Waals surface area contributed by atoms with Gasteiger partial charge in [0.2, 0.25) is 0 Å². The van der Waals surface area contributed by atoms with Gasteiger partial charge in [0.05, 0.1) is 6.54 Å². The average Bonchev–Trinajstić information content (AvgIpc) is 3.04. The Labute approximate surface area is 128 Å². The molecule has 0 radical (unpaired) electrons. The molecule has 0 atom stereocenters. The first-order valence-corrected chi connectivity index (χ1v) is 7.01. The fourth-order valence-corrected chi connectivity index (χ4v) is 2.31. The van der Waals surface area contributed by atoms with E-state index < -0.39 is 0 Å². The summed E-state index contributed by atoms with van der Waals surface area (Å²) in [5, 5.41) is 7.41. The van der Waals surface area contributed by atoms with E-state index in [1.165, 1.54) is 0 Å². The third-order valence-corrected chi connectivity index (χ3v) is 3.56. The molecule has 1 heterocycles. The van der Waals surface area contributed by atoms with Gasteiger partial charge in [-0.15, -0.1) is 0 Å². The van der Waals surface area contributed by atoms with Gasteiger partial charge in [-0.05, 0) is 23.3 Å². The van der Waals surface area contributed by atoms with Crippen molar-refractivity contribution < 1.29 is 4.42 Å². The van der Waals surface area contributed by atoms with Crippen LogP contribution < -0.4 is 11.5 Å². The van der Waals surface area contributed by atoms with Crippen molar-refractivity contribution in [1.82, 2.24) is 0 Å². The smallest absolute Gasteiger partial charge is 0.134 e. The molecule has 0 amide bonds. The van der Waals surface area contributed by atoms with Gasteiger partial charge in [0.1, 0.15) is 17.4 Å². The average molecular weight is 291 g/mol. The van der Waals surface area contributed by atoms with Crippen LogP contribution in [-0.2, 0) is 6.54 Å². The Morgan fingerprint density at radius 3 is 1.86 bits per heavy atom. The number of nitrogens with one attached hydrogen (secondary N) is 1. The van der Waals surface area contributed by atoms with Gasteiger partial charge in [-0.3, -0.25) is 5.41 Å². The normalized spacial score (nSPS) is 10.6. The molecule has 0 aliphatic heterocycles. The van der Waals surface area contributed by atoms with E-state index in [0.717, 1.165) is 33.8 Å². The lowest BCUT2D eigenvalue weighted by Crippen LogP contribution is -2.10. The van der Waals surface area contributed by atoms with Crippen molar-refractivity contribution >= 4 is 5.84 Å². The number of hydrogen-bond acceptors (Lipinski definition) is 3. The molecule has 0 saturated heterocycles. The van der Waals surface area contributed by atoms with Gasteiger partial charge < -0.3 is 15.9 Å². The van der Waals surface area contributed by atoms with Gasteiger partial charge in [-0.25, -0.2) is 0 Å². The first kappa shape index (κ1) is 14.1. The Bertz CT molecular complexity index is 786. The minimum atomic E-state index is 0.0791.